The van der Waals surface area contributed by atoms with Crippen LogP contribution >= 0.6 is 0 Å². The van der Waals surface area contributed by atoms with Gasteiger partial charge in [0.15, 0.2) is 5.78 Å². The van der Waals surface area contributed by atoms with Crippen LogP contribution in [0.15, 0.2) is 23.8 Å². The minimum absolute atomic E-state index is 0.0276. The van der Waals surface area contributed by atoms with E-state index in [4.69, 9.17) is 9.47 Å². The van der Waals surface area contributed by atoms with Crippen LogP contribution in [0.25, 0.3) is 0 Å². The first-order valence-electron chi connectivity index (χ1n) is 8.98. The first kappa shape index (κ1) is 17.9. The monoisotopic (exact) mass is 346 g/mol. The Balaban J connectivity index is 2.07. The zero-order chi connectivity index (χ0) is 18.5. The van der Waals surface area contributed by atoms with Crippen molar-refractivity contribution in [3.05, 3.63) is 23.8 Å². The van der Waals surface area contributed by atoms with Gasteiger partial charge < -0.3 is 9.47 Å². The molecule has 3 aliphatic rings. The number of ether oxygens (including phenoxy) is 2. The zero-order valence-corrected chi connectivity index (χ0v) is 15.4. The number of carbonyl (C=O) groups excluding carboxylic acids is 3. The highest BCUT2D eigenvalue weighted by Crippen LogP contribution is 2.54. The Kier molecular flexibility index (Phi) is 4.38. The molecule has 5 nitrogen and oxygen atoms in total. The average Bonchev–Trinajstić information content (AvgIpc) is 2.99. The van der Waals surface area contributed by atoms with Crippen LogP contribution in [0.5, 0.6) is 0 Å². The maximum atomic E-state index is 12.8. The molecular weight excluding hydrogens is 320 g/mol. The van der Waals surface area contributed by atoms with Gasteiger partial charge in [0.1, 0.15) is 12.2 Å². The second-order valence-corrected chi connectivity index (χ2v) is 7.88. The van der Waals surface area contributed by atoms with Crippen molar-refractivity contribution in [3.8, 4) is 0 Å². The summed E-state index contributed by atoms with van der Waals surface area (Å²) in [7, 11) is 0. The Labute approximate surface area is 148 Å². The molecule has 1 saturated heterocycles. The van der Waals surface area contributed by atoms with E-state index < -0.39 is 23.4 Å². The van der Waals surface area contributed by atoms with Crippen molar-refractivity contribution in [2.75, 3.05) is 0 Å². The summed E-state index contributed by atoms with van der Waals surface area (Å²) in [5.41, 5.74) is -0.365. The van der Waals surface area contributed by atoms with Gasteiger partial charge in [-0.25, -0.2) is 4.79 Å². The number of allylic oxidation sites excluding steroid dienone is 3. The van der Waals surface area contributed by atoms with Crippen molar-refractivity contribution in [3.63, 3.8) is 0 Å². The lowest BCUT2D eigenvalue weighted by Gasteiger charge is -2.40. The van der Waals surface area contributed by atoms with E-state index in [9.17, 15) is 14.4 Å². The van der Waals surface area contributed by atoms with E-state index in [2.05, 4.69) is 6.92 Å². The van der Waals surface area contributed by atoms with Gasteiger partial charge in [0.05, 0.1) is 11.3 Å². The van der Waals surface area contributed by atoms with Crippen LogP contribution in [0.3, 0.4) is 0 Å². The van der Waals surface area contributed by atoms with E-state index in [1.165, 1.54) is 0 Å². The predicted molar refractivity (Wildman–Crippen MR) is 91.4 cm³/mol. The highest BCUT2D eigenvalue weighted by Gasteiger charge is 2.62. The zero-order valence-electron chi connectivity index (χ0n) is 15.4. The number of ketones is 1. The molecule has 3 rings (SSSR count). The van der Waals surface area contributed by atoms with E-state index >= 15 is 0 Å². The van der Waals surface area contributed by atoms with Gasteiger partial charge in [0.25, 0.3) is 0 Å². The van der Waals surface area contributed by atoms with Crippen molar-refractivity contribution < 1.29 is 23.9 Å². The third kappa shape index (κ3) is 2.55. The molecule has 1 saturated carbocycles. The van der Waals surface area contributed by atoms with Gasteiger partial charge in [-0.05, 0) is 45.1 Å². The van der Waals surface area contributed by atoms with Crippen LogP contribution in [-0.2, 0) is 23.9 Å². The van der Waals surface area contributed by atoms with Crippen LogP contribution in [0.1, 0.15) is 41.0 Å². The molecule has 0 aromatic carbocycles. The topological polar surface area (TPSA) is 69.7 Å². The second kappa shape index (κ2) is 6.11. The summed E-state index contributed by atoms with van der Waals surface area (Å²) < 4.78 is 11.5. The second-order valence-electron chi connectivity index (χ2n) is 7.88. The molecule has 0 N–H and O–H groups in total. The fraction of sp³-hybridized carbons (Fsp3) is 0.650. The maximum Gasteiger partial charge on any atom is 0.333 e. The lowest BCUT2D eigenvalue weighted by molar-refractivity contribution is -0.163. The van der Waals surface area contributed by atoms with Gasteiger partial charge in [0.2, 0.25) is 0 Å². The fourth-order valence-corrected chi connectivity index (χ4v) is 4.76. The SMILES string of the molecule is C/C=C(\C)C(=O)O[C@H]1[C@@H]2[C@H](C)C(=O)O[C@@H]2C[C@@H](C)[C@@H]2C=CC(=O)[C@]21C. The van der Waals surface area contributed by atoms with E-state index in [1.54, 1.807) is 32.9 Å². The molecule has 0 radical (unpaired) electrons. The van der Waals surface area contributed by atoms with E-state index in [0.717, 1.165) is 0 Å². The Morgan fingerprint density at radius 3 is 2.68 bits per heavy atom. The van der Waals surface area contributed by atoms with Crippen molar-refractivity contribution in [1.82, 2.24) is 0 Å². The Hall–Kier alpha value is -1.91. The largest absolute Gasteiger partial charge is 0.462 e. The fourth-order valence-electron chi connectivity index (χ4n) is 4.76. The highest BCUT2D eigenvalue weighted by atomic mass is 16.6. The van der Waals surface area contributed by atoms with Crippen molar-refractivity contribution in [1.29, 1.82) is 0 Å². The Morgan fingerprint density at radius 2 is 2.04 bits per heavy atom. The molecule has 7 atom stereocenters. The van der Waals surface area contributed by atoms with Gasteiger partial charge in [-0.15, -0.1) is 0 Å². The van der Waals surface area contributed by atoms with Crippen LogP contribution in [0.4, 0.5) is 0 Å². The molecular formula is C20H26O5. The van der Waals surface area contributed by atoms with Gasteiger partial charge in [-0.3, -0.25) is 9.59 Å². The van der Waals surface area contributed by atoms with E-state index in [0.29, 0.717) is 12.0 Å². The first-order valence-corrected chi connectivity index (χ1v) is 8.98. The maximum absolute atomic E-state index is 12.8. The Bertz CT molecular complexity index is 676. The van der Waals surface area contributed by atoms with E-state index in [-0.39, 0.29) is 35.6 Å². The number of hydrogen-bond donors (Lipinski definition) is 0. The molecule has 0 amide bonds. The van der Waals surface area contributed by atoms with Gasteiger partial charge in [-0.2, -0.15) is 0 Å². The molecule has 2 fully saturated rings. The van der Waals surface area contributed by atoms with Crippen molar-refractivity contribution in [2.24, 2.45) is 29.1 Å². The molecule has 5 heteroatoms. The van der Waals surface area contributed by atoms with Crippen LogP contribution in [0, 0.1) is 29.1 Å². The number of hydrogen-bond acceptors (Lipinski definition) is 5. The highest BCUT2D eigenvalue weighted by molar-refractivity contribution is 5.99. The lowest BCUT2D eigenvalue weighted by atomic mass is 9.66. The molecule has 25 heavy (non-hydrogen) atoms. The first-order chi connectivity index (χ1) is 11.7. The summed E-state index contributed by atoms with van der Waals surface area (Å²) >= 11 is 0. The van der Waals surface area contributed by atoms with Gasteiger partial charge >= 0.3 is 11.9 Å². The van der Waals surface area contributed by atoms with Crippen molar-refractivity contribution in [2.45, 2.75) is 53.2 Å². The van der Waals surface area contributed by atoms with E-state index in [1.807, 2.05) is 13.0 Å². The molecule has 0 aromatic heterocycles. The minimum Gasteiger partial charge on any atom is -0.462 e. The summed E-state index contributed by atoms with van der Waals surface area (Å²) in [4.78, 5) is 37.5. The quantitative estimate of drug-likeness (QED) is 0.568. The number of esters is 2. The molecule has 136 valence electrons. The van der Waals surface area contributed by atoms with Crippen LogP contribution in [0.2, 0.25) is 0 Å². The lowest BCUT2D eigenvalue weighted by Crippen LogP contribution is -2.50. The van der Waals surface area contributed by atoms with Crippen LogP contribution < -0.4 is 0 Å². The summed E-state index contributed by atoms with van der Waals surface area (Å²) in [6.07, 6.45) is 4.91. The summed E-state index contributed by atoms with van der Waals surface area (Å²) in [5, 5.41) is 0. The Morgan fingerprint density at radius 1 is 1.36 bits per heavy atom. The van der Waals surface area contributed by atoms with Crippen molar-refractivity contribution >= 4 is 17.7 Å². The molecule has 1 aliphatic heterocycles. The molecule has 1 heterocycles. The molecule has 0 spiro atoms. The summed E-state index contributed by atoms with van der Waals surface area (Å²) in [6.45, 7) is 9.20. The number of rotatable bonds is 2. The number of fused-ring (bicyclic) bond motifs is 2. The van der Waals surface area contributed by atoms with Crippen LogP contribution in [-0.4, -0.2) is 29.9 Å². The minimum atomic E-state index is -0.856. The predicted octanol–water partition coefficient (Wildman–Crippen LogP) is 2.84. The third-order valence-electron chi connectivity index (χ3n) is 6.47. The smallest absolute Gasteiger partial charge is 0.333 e. The normalized spacial score (nSPS) is 43.3. The standard InChI is InChI=1S/C20H26O5/c1-6-10(2)18(22)25-17-16-12(4)19(23)24-14(16)9-11(3)13-7-8-15(21)20(13,17)5/h6-8,11-14,16-17H,9H2,1-5H3/b10-6+/t11-,12+,13+,14-,16-,17+,20+/m1/s1. The summed E-state index contributed by atoms with van der Waals surface area (Å²) in [6, 6.07) is 0. The third-order valence-corrected chi connectivity index (χ3v) is 6.47. The van der Waals surface area contributed by atoms with Gasteiger partial charge in [-0.1, -0.05) is 26.0 Å². The molecule has 2 aliphatic carbocycles. The number of carbonyl (C=O) groups is 3. The molecule has 0 aromatic rings. The molecule has 0 unspecified atom stereocenters. The molecule has 0 bridgehead atoms. The van der Waals surface area contributed by atoms with Gasteiger partial charge in [0, 0.05) is 11.5 Å². The summed E-state index contributed by atoms with van der Waals surface area (Å²) in [5.74, 6) is -1.32. The average molecular weight is 346 g/mol.